The third kappa shape index (κ3) is 5.03. The molecule has 0 fully saturated rings. The molecule has 1 aromatic rings. The molecule has 4 N–H and O–H groups in total. The van der Waals surface area contributed by atoms with Gasteiger partial charge in [-0.05, 0) is 27.7 Å². The summed E-state index contributed by atoms with van der Waals surface area (Å²) in [6.07, 6.45) is -2.69. The second-order valence-electron chi connectivity index (χ2n) is 6.20. The molecule has 0 spiro atoms. The fourth-order valence-corrected chi connectivity index (χ4v) is 1.97. The average molecular weight is 343 g/mol. The maximum atomic E-state index is 11.5. The zero-order valence-electron chi connectivity index (χ0n) is 13.8. The summed E-state index contributed by atoms with van der Waals surface area (Å²) in [5, 5.41) is 33.3. The molecule has 134 valence electrons. The van der Waals surface area contributed by atoms with Crippen molar-refractivity contribution in [1.29, 1.82) is 0 Å². The minimum atomic E-state index is -1.55. The van der Waals surface area contributed by atoms with Crippen molar-refractivity contribution >= 4 is 11.8 Å². The fraction of sp³-hybridized carbons (Fsp3) is 0.571. The number of aliphatic hydroxyl groups is 2. The van der Waals surface area contributed by atoms with E-state index in [1.807, 2.05) is 0 Å². The second-order valence-corrected chi connectivity index (χ2v) is 6.20. The number of ether oxygens (including phenoxy) is 1. The number of alkyl carbamates (subject to hydrolysis) is 1. The number of hydrogen-bond donors (Lipinski definition) is 4. The normalized spacial score (nSPS) is 13.9. The highest BCUT2D eigenvalue weighted by Gasteiger charge is 2.27. The quantitative estimate of drug-likeness (QED) is 0.448. The van der Waals surface area contributed by atoms with Gasteiger partial charge in [-0.2, -0.15) is 0 Å². The number of carbonyl (C=O) groups excluding carboxylic acids is 1. The van der Waals surface area contributed by atoms with E-state index in [4.69, 9.17) is 4.74 Å². The van der Waals surface area contributed by atoms with Crippen molar-refractivity contribution in [2.75, 3.05) is 6.54 Å². The summed E-state index contributed by atoms with van der Waals surface area (Å²) in [7, 11) is 0. The average Bonchev–Trinajstić information content (AvgIpc) is 2.42. The van der Waals surface area contributed by atoms with Crippen LogP contribution in [-0.2, 0) is 4.74 Å². The van der Waals surface area contributed by atoms with E-state index in [1.54, 1.807) is 20.8 Å². The van der Waals surface area contributed by atoms with Gasteiger partial charge in [0.25, 0.3) is 0 Å². The van der Waals surface area contributed by atoms with Gasteiger partial charge in [0.2, 0.25) is 0 Å². The van der Waals surface area contributed by atoms with E-state index in [0.717, 1.165) is 6.20 Å². The first-order chi connectivity index (χ1) is 10.9. The van der Waals surface area contributed by atoms with Crippen LogP contribution in [0.15, 0.2) is 11.0 Å². The number of aromatic nitrogens is 1. The molecule has 0 aromatic carbocycles. The number of aromatic amines is 1. The van der Waals surface area contributed by atoms with Crippen LogP contribution in [-0.4, -0.2) is 44.5 Å². The number of pyridine rings is 1. The first-order valence-corrected chi connectivity index (χ1v) is 7.13. The van der Waals surface area contributed by atoms with Gasteiger partial charge in [0, 0.05) is 23.9 Å². The molecule has 1 amide bonds. The Morgan fingerprint density at radius 1 is 1.46 bits per heavy atom. The molecule has 1 rings (SSSR count). The van der Waals surface area contributed by atoms with E-state index in [2.05, 4.69) is 10.3 Å². The van der Waals surface area contributed by atoms with E-state index in [0.29, 0.717) is 0 Å². The Morgan fingerprint density at radius 3 is 2.54 bits per heavy atom. The SMILES string of the molecule is Cc1c(C(O)C(O)CNC(=O)OC(C)(C)C)c[nH]c(=O)c1[N+](=O)[O-]. The van der Waals surface area contributed by atoms with Gasteiger partial charge in [0.05, 0.1) is 4.92 Å². The first-order valence-electron chi connectivity index (χ1n) is 7.13. The maximum Gasteiger partial charge on any atom is 0.407 e. The lowest BCUT2D eigenvalue weighted by molar-refractivity contribution is -0.387. The van der Waals surface area contributed by atoms with Crippen molar-refractivity contribution in [3.05, 3.63) is 37.8 Å². The Balaban J connectivity index is 2.85. The first kappa shape index (κ1) is 19.6. The molecule has 0 aliphatic heterocycles. The molecule has 1 aromatic heterocycles. The third-order valence-corrected chi connectivity index (χ3v) is 3.08. The summed E-state index contributed by atoms with van der Waals surface area (Å²) in [4.78, 5) is 35.2. The fourth-order valence-electron chi connectivity index (χ4n) is 1.97. The molecule has 2 atom stereocenters. The smallest absolute Gasteiger partial charge is 0.407 e. The molecule has 0 saturated carbocycles. The Morgan fingerprint density at radius 2 is 2.04 bits per heavy atom. The lowest BCUT2D eigenvalue weighted by Crippen LogP contribution is -2.39. The van der Waals surface area contributed by atoms with E-state index >= 15 is 0 Å². The molecule has 10 heteroatoms. The number of rotatable bonds is 5. The van der Waals surface area contributed by atoms with Crippen molar-refractivity contribution in [2.45, 2.75) is 45.5 Å². The predicted molar refractivity (Wildman–Crippen MR) is 83.7 cm³/mol. The van der Waals surface area contributed by atoms with Crippen LogP contribution in [0.3, 0.4) is 0 Å². The zero-order valence-corrected chi connectivity index (χ0v) is 13.8. The standard InChI is InChI=1S/C14H21N3O7/c1-7-8(5-15-12(20)10(7)17(22)23)11(19)9(18)6-16-13(21)24-14(2,3)4/h5,9,11,18-19H,6H2,1-4H3,(H,15,20)(H,16,21). The molecule has 1 heterocycles. The minimum Gasteiger partial charge on any atom is -0.444 e. The summed E-state index contributed by atoms with van der Waals surface area (Å²) in [6, 6.07) is 0. The van der Waals surface area contributed by atoms with Gasteiger partial charge >= 0.3 is 17.3 Å². The molecule has 0 bridgehead atoms. The Kier molecular flexibility index (Phi) is 6.04. The minimum absolute atomic E-state index is 0.0141. The molecule has 0 aliphatic rings. The number of carbonyl (C=O) groups is 1. The summed E-state index contributed by atoms with van der Waals surface area (Å²) < 4.78 is 4.98. The Bertz CT molecular complexity index is 678. The van der Waals surface area contributed by atoms with Gasteiger partial charge < -0.3 is 25.3 Å². The summed E-state index contributed by atoms with van der Waals surface area (Å²) in [5.74, 6) is 0. The van der Waals surface area contributed by atoms with Crippen molar-refractivity contribution in [3.63, 3.8) is 0 Å². The number of nitrogens with one attached hydrogen (secondary N) is 2. The van der Waals surface area contributed by atoms with Crippen LogP contribution in [0.5, 0.6) is 0 Å². The van der Waals surface area contributed by atoms with Crippen molar-refractivity contribution in [2.24, 2.45) is 0 Å². The van der Waals surface area contributed by atoms with Crippen LogP contribution in [0.4, 0.5) is 10.5 Å². The summed E-state index contributed by atoms with van der Waals surface area (Å²) in [6.45, 7) is 5.95. The molecular weight excluding hydrogens is 322 g/mol. The van der Waals surface area contributed by atoms with Crippen LogP contribution >= 0.6 is 0 Å². The number of nitro groups is 1. The van der Waals surface area contributed by atoms with Crippen LogP contribution in [0.2, 0.25) is 0 Å². The van der Waals surface area contributed by atoms with Gasteiger partial charge in [-0.15, -0.1) is 0 Å². The zero-order chi connectivity index (χ0) is 18.7. The lowest BCUT2D eigenvalue weighted by Gasteiger charge is -2.22. The van der Waals surface area contributed by atoms with Crippen LogP contribution in [0.1, 0.15) is 38.0 Å². The molecule has 2 unspecified atom stereocenters. The van der Waals surface area contributed by atoms with Gasteiger partial charge in [-0.25, -0.2) is 4.79 Å². The lowest BCUT2D eigenvalue weighted by atomic mass is 10.0. The van der Waals surface area contributed by atoms with Gasteiger partial charge in [0.1, 0.15) is 17.8 Å². The van der Waals surface area contributed by atoms with E-state index in [9.17, 15) is 29.9 Å². The predicted octanol–water partition coefficient (Wildman–Crippen LogP) is 0.511. The Hall–Kier alpha value is -2.46. The number of hydrogen-bond acceptors (Lipinski definition) is 7. The third-order valence-electron chi connectivity index (χ3n) is 3.08. The van der Waals surface area contributed by atoms with Gasteiger partial charge in [-0.1, -0.05) is 0 Å². The molecule has 10 nitrogen and oxygen atoms in total. The highest BCUT2D eigenvalue weighted by atomic mass is 16.6. The van der Waals surface area contributed by atoms with Gasteiger partial charge in [-0.3, -0.25) is 14.9 Å². The van der Waals surface area contributed by atoms with E-state index in [1.165, 1.54) is 6.92 Å². The van der Waals surface area contributed by atoms with Gasteiger partial charge in [0.15, 0.2) is 0 Å². The monoisotopic (exact) mass is 343 g/mol. The highest BCUT2D eigenvalue weighted by molar-refractivity contribution is 5.67. The number of nitrogens with zero attached hydrogens (tertiary/aromatic N) is 1. The maximum absolute atomic E-state index is 11.5. The number of amides is 1. The molecule has 24 heavy (non-hydrogen) atoms. The number of H-pyrrole nitrogens is 1. The topological polar surface area (TPSA) is 155 Å². The van der Waals surface area contributed by atoms with Crippen molar-refractivity contribution in [1.82, 2.24) is 10.3 Å². The number of aliphatic hydroxyl groups excluding tert-OH is 2. The molecule has 0 aliphatic carbocycles. The van der Waals surface area contributed by atoms with Crippen molar-refractivity contribution in [3.8, 4) is 0 Å². The molecule has 0 saturated heterocycles. The van der Waals surface area contributed by atoms with E-state index < -0.39 is 40.1 Å². The largest absolute Gasteiger partial charge is 0.444 e. The highest BCUT2D eigenvalue weighted by Crippen LogP contribution is 2.24. The van der Waals surface area contributed by atoms with Crippen LogP contribution in [0, 0.1) is 17.0 Å². The second kappa shape index (κ2) is 7.41. The summed E-state index contributed by atoms with van der Waals surface area (Å²) in [5.41, 5.74) is -2.41. The van der Waals surface area contributed by atoms with E-state index in [-0.39, 0.29) is 17.7 Å². The van der Waals surface area contributed by atoms with Crippen LogP contribution in [0.25, 0.3) is 0 Å². The molecule has 0 radical (unpaired) electrons. The Labute approximate surface area is 137 Å². The van der Waals surface area contributed by atoms with Crippen LogP contribution < -0.4 is 10.9 Å². The molecular formula is C14H21N3O7. The van der Waals surface area contributed by atoms with Crippen molar-refractivity contribution < 1.29 is 24.7 Å². The summed E-state index contributed by atoms with van der Waals surface area (Å²) >= 11 is 0.